The van der Waals surface area contributed by atoms with Gasteiger partial charge in [0.15, 0.2) is 9.84 Å². The number of halogens is 1. The quantitative estimate of drug-likeness (QED) is 0.812. The highest BCUT2D eigenvalue weighted by Crippen LogP contribution is 2.16. The number of amides is 1. The number of carbonyl (C=O) groups excluding carboxylic acids is 1. The molecular weight excluding hydrogens is 289 g/mol. The topological polar surface area (TPSA) is 63.2 Å². The summed E-state index contributed by atoms with van der Waals surface area (Å²) in [6, 6.07) is 3.48. The zero-order valence-electron chi connectivity index (χ0n) is 10.1. The van der Waals surface area contributed by atoms with Crippen LogP contribution in [-0.4, -0.2) is 31.9 Å². The van der Waals surface area contributed by atoms with Crippen LogP contribution in [0.1, 0.15) is 23.2 Å². The predicted molar refractivity (Wildman–Crippen MR) is 72.8 cm³/mol. The molecule has 7 heteroatoms. The average molecular weight is 303 g/mol. The Morgan fingerprint density at radius 3 is 2.84 bits per heavy atom. The fraction of sp³-hybridized carbons (Fsp3) is 0.417. The minimum atomic E-state index is -3.10. The number of hydrogen-bond donors (Lipinski definition) is 2. The molecular formula is C12H14FNO3S2. The maximum absolute atomic E-state index is 13.5. The fourth-order valence-corrected chi connectivity index (χ4v) is 3.93. The maximum Gasteiger partial charge on any atom is 0.254 e. The van der Waals surface area contributed by atoms with Gasteiger partial charge in [-0.05, 0) is 31.0 Å². The summed E-state index contributed by atoms with van der Waals surface area (Å²) in [5, 5.41) is 2.57. The summed E-state index contributed by atoms with van der Waals surface area (Å²) in [6.45, 7) is 0. The molecule has 1 aromatic carbocycles. The van der Waals surface area contributed by atoms with Gasteiger partial charge < -0.3 is 5.32 Å². The van der Waals surface area contributed by atoms with E-state index in [2.05, 4.69) is 17.9 Å². The summed E-state index contributed by atoms with van der Waals surface area (Å²) in [5.41, 5.74) is -0.115. The van der Waals surface area contributed by atoms with Crippen molar-refractivity contribution in [2.45, 2.75) is 23.8 Å². The van der Waals surface area contributed by atoms with E-state index < -0.39 is 27.6 Å². The van der Waals surface area contributed by atoms with E-state index in [1.807, 2.05) is 0 Å². The average Bonchev–Trinajstić information content (AvgIpc) is 2.31. The summed E-state index contributed by atoms with van der Waals surface area (Å²) in [5.74, 6) is -1.18. The lowest BCUT2D eigenvalue weighted by Gasteiger charge is -2.23. The molecule has 0 bridgehead atoms. The third-order valence-electron chi connectivity index (χ3n) is 2.99. The van der Waals surface area contributed by atoms with Gasteiger partial charge in [-0.2, -0.15) is 0 Å². The van der Waals surface area contributed by atoms with Gasteiger partial charge in [0, 0.05) is 10.9 Å². The number of carbonyl (C=O) groups is 1. The van der Waals surface area contributed by atoms with Gasteiger partial charge in [-0.1, -0.05) is 0 Å². The largest absolute Gasteiger partial charge is 0.348 e. The highest BCUT2D eigenvalue weighted by Gasteiger charge is 2.26. The first-order valence-electron chi connectivity index (χ1n) is 5.87. The Balaban J connectivity index is 2.11. The molecule has 0 radical (unpaired) electrons. The van der Waals surface area contributed by atoms with Gasteiger partial charge in [0.1, 0.15) is 5.82 Å². The van der Waals surface area contributed by atoms with Crippen LogP contribution < -0.4 is 5.32 Å². The van der Waals surface area contributed by atoms with Crippen LogP contribution >= 0.6 is 12.6 Å². The van der Waals surface area contributed by atoms with Crippen LogP contribution in [0.15, 0.2) is 23.1 Å². The minimum absolute atomic E-state index is 0.0824. The molecule has 0 saturated carbocycles. The number of thiol groups is 1. The molecule has 0 aromatic heterocycles. The molecule has 1 heterocycles. The van der Waals surface area contributed by atoms with Crippen molar-refractivity contribution < 1.29 is 17.6 Å². The highest BCUT2D eigenvalue weighted by molar-refractivity contribution is 7.91. The molecule has 1 saturated heterocycles. The summed E-state index contributed by atoms with van der Waals surface area (Å²) >= 11 is 4.05. The van der Waals surface area contributed by atoms with Crippen molar-refractivity contribution in [3.63, 3.8) is 0 Å². The molecule has 2 rings (SSSR count). The number of benzene rings is 1. The number of hydrogen-bond acceptors (Lipinski definition) is 4. The maximum atomic E-state index is 13.5. The van der Waals surface area contributed by atoms with E-state index in [0.717, 1.165) is 6.07 Å². The van der Waals surface area contributed by atoms with Gasteiger partial charge in [-0.15, -0.1) is 12.6 Å². The van der Waals surface area contributed by atoms with Crippen LogP contribution in [0.25, 0.3) is 0 Å². The zero-order chi connectivity index (χ0) is 14.0. The van der Waals surface area contributed by atoms with Crippen LogP contribution in [-0.2, 0) is 9.84 Å². The molecule has 0 aliphatic carbocycles. The predicted octanol–water partition coefficient (Wildman–Crippen LogP) is 1.42. The first-order chi connectivity index (χ1) is 8.87. The zero-order valence-corrected chi connectivity index (χ0v) is 11.8. The third-order valence-corrected chi connectivity index (χ3v) is 5.09. The van der Waals surface area contributed by atoms with Gasteiger partial charge >= 0.3 is 0 Å². The van der Waals surface area contributed by atoms with Crippen LogP contribution in [0, 0.1) is 5.82 Å². The van der Waals surface area contributed by atoms with Gasteiger partial charge in [0.25, 0.3) is 5.91 Å². The van der Waals surface area contributed by atoms with Gasteiger partial charge in [-0.25, -0.2) is 12.8 Å². The van der Waals surface area contributed by atoms with E-state index >= 15 is 0 Å². The molecule has 1 unspecified atom stereocenters. The SMILES string of the molecule is O=C(NC1CCCS(=O)(=O)C1)c1cc(S)ccc1F. The Bertz CT molecular complexity index is 601. The molecule has 1 atom stereocenters. The van der Waals surface area contributed by atoms with Gasteiger partial charge in [0.2, 0.25) is 0 Å². The van der Waals surface area contributed by atoms with Crippen LogP contribution in [0.5, 0.6) is 0 Å². The Morgan fingerprint density at radius 1 is 1.42 bits per heavy atom. The van der Waals surface area contributed by atoms with Crippen molar-refractivity contribution in [2.75, 3.05) is 11.5 Å². The highest BCUT2D eigenvalue weighted by atomic mass is 32.2. The summed E-state index contributed by atoms with van der Waals surface area (Å²) < 4.78 is 36.4. The second kappa shape index (κ2) is 5.50. The summed E-state index contributed by atoms with van der Waals surface area (Å²) in [7, 11) is -3.10. The standard InChI is InChI=1S/C12H14FNO3S2/c13-11-4-3-9(18)6-10(11)12(15)14-8-2-1-5-19(16,17)7-8/h3-4,6,8,18H,1-2,5,7H2,(H,14,15). The number of rotatable bonds is 2. The Hall–Kier alpha value is -1.08. The Kier molecular flexibility index (Phi) is 4.15. The molecule has 1 aliphatic heterocycles. The Labute approximate surface area is 116 Å². The molecule has 4 nitrogen and oxygen atoms in total. The first kappa shape index (κ1) is 14.3. The van der Waals surface area contributed by atoms with Crippen molar-refractivity contribution in [1.29, 1.82) is 0 Å². The normalized spacial score (nSPS) is 21.9. The lowest BCUT2D eigenvalue weighted by molar-refractivity contribution is 0.0934. The molecule has 1 aromatic rings. The lowest BCUT2D eigenvalue weighted by Crippen LogP contribution is -2.43. The second-order valence-electron chi connectivity index (χ2n) is 4.59. The molecule has 19 heavy (non-hydrogen) atoms. The first-order valence-corrected chi connectivity index (χ1v) is 8.14. The second-order valence-corrected chi connectivity index (χ2v) is 7.34. The van der Waals surface area contributed by atoms with Crippen LogP contribution in [0.2, 0.25) is 0 Å². The Morgan fingerprint density at radius 2 is 2.16 bits per heavy atom. The monoisotopic (exact) mass is 303 g/mol. The van der Waals surface area contributed by atoms with E-state index in [1.165, 1.54) is 12.1 Å². The number of sulfone groups is 1. The van der Waals surface area contributed by atoms with E-state index in [9.17, 15) is 17.6 Å². The van der Waals surface area contributed by atoms with Gasteiger partial charge in [0.05, 0.1) is 17.1 Å². The van der Waals surface area contributed by atoms with Crippen LogP contribution in [0.4, 0.5) is 4.39 Å². The fourth-order valence-electron chi connectivity index (χ4n) is 2.09. The molecule has 1 N–H and O–H groups in total. The van der Waals surface area contributed by atoms with Gasteiger partial charge in [-0.3, -0.25) is 4.79 Å². The van der Waals surface area contributed by atoms with Crippen molar-refractivity contribution in [1.82, 2.24) is 5.32 Å². The van der Waals surface area contributed by atoms with Crippen molar-refractivity contribution in [3.05, 3.63) is 29.6 Å². The molecule has 1 fully saturated rings. The third kappa shape index (κ3) is 3.70. The molecule has 0 spiro atoms. The molecule has 104 valence electrons. The van der Waals surface area contributed by atoms with Crippen molar-refractivity contribution in [2.24, 2.45) is 0 Å². The van der Waals surface area contributed by atoms with Crippen molar-refractivity contribution in [3.8, 4) is 0 Å². The van der Waals surface area contributed by atoms with E-state index in [4.69, 9.17) is 0 Å². The smallest absolute Gasteiger partial charge is 0.254 e. The van der Waals surface area contributed by atoms with E-state index in [0.29, 0.717) is 17.7 Å². The van der Waals surface area contributed by atoms with E-state index in [1.54, 1.807) is 0 Å². The lowest BCUT2D eigenvalue weighted by atomic mass is 10.1. The summed E-state index contributed by atoms with van der Waals surface area (Å²) in [4.78, 5) is 12.4. The molecule has 1 aliphatic rings. The number of nitrogens with one attached hydrogen (secondary N) is 1. The molecule has 1 amide bonds. The van der Waals surface area contributed by atoms with Crippen LogP contribution in [0.3, 0.4) is 0 Å². The minimum Gasteiger partial charge on any atom is -0.348 e. The van der Waals surface area contributed by atoms with E-state index in [-0.39, 0.29) is 17.1 Å². The van der Waals surface area contributed by atoms with Crippen molar-refractivity contribution >= 4 is 28.4 Å². The summed E-state index contributed by atoms with van der Waals surface area (Å²) in [6.07, 6.45) is 1.11.